The Morgan fingerprint density at radius 3 is 2.33 bits per heavy atom. The lowest BCUT2D eigenvalue weighted by molar-refractivity contribution is -0.384. The number of carbonyl (C=O) groups is 2. The summed E-state index contributed by atoms with van der Waals surface area (Å²) in [5.74, 6) is -0.664. The molecule has 6 rings (SSSR count). The molecule has 0 atom stereocenters. The molecule has 3 heterocycles. The Hall–Kier alpha value is -4.87. The van der Waals surface area contributed by atoms with Crippen LogP contribution in [0.3, 0.4) is 0 Å². The second-order valence-electron chi connectivity index (χ2n) is 9.80. The third-order valence-corrected chi connectivity index (χ3v) is 7.32. The number of anilines is 1. The van der Waals surface area contributed by atoms with Gasteiger partial charge in [0.15, 0.2) is 0 Å². The first-order valence-electron chi connectivity index (χ1n) is 13.2. The van der Waals surface area contributed by atoms with Crippen LogP contribution in [0.25, 0.3) is 0 Å². The number of hydrogen-bond donors (Lipinski definition) is 1. The molecule has 214 valence electrons. The fourth-order valence-corrected chi connectivity index (χ4v) is 4.98. The molecular formula is C30H27ClN6O5. The lowest BCUT2D eigenvalue weighted by Crippen LogP contribution is -2.42. The molecule has 0 bridgehead atoms. The van der Waals surface area contributed by atoms with E-state index in [1.807, 2.05) is 12.1 Å². The van der Waals surface area contributed by atoms with E-state index in [1.165, 1.54) is 17.0 Å². The van der Waals surface area contributed by atoms with Crippen molar-refractivity contribution in [1.29, 1.82) is 0 Å². The highest BCUT2D eigenvalue weighted by atomic mass is 35.5. The number of rotatable bonds is 4. The lowest BCUT2D eigenvalue weighted by Gasteiger charge is -2.31. The van der Waals surface area contributed by atoms with Gasteiger partial charge in [-0.15, -0.1) is 0 Å². The molecule has 42 heavy (non-hydrogen) atoms. The van der Waals surface area contributed by atoms with Gasteiger partial charge >= 0.3 is 5.97 Å². The summed E-state index contributed by atoms with van der Waals surface area (Å²) < 4.78 is 0. The van der Waals surface area contributed by atoms with Crippen LogP contribution in [0, 0.1) is 10.1 Å². The summed E-state index contributed by atoms with van der Waals surface area (Å²) in [7, 11) is 2.07. The first kappa shape index (κ1) is 28.7. The Morgan fingerprint density at radius 2 is 1.69 bits per heavy atom. The van der Waals surface area contributed by atoms with Crippen LogP contribution in [0.15, 0.2) is 94.7 Å². The number of non-ortho nitro benzene ring substituents is 1. The topological polar surface area (TPSA) is 132 Å². The highest BCUT2D eigenvalue weighted by Gasteiger charge is 2.37. The van der Waals surface area contributed by atoms with Crippen LogP contribution in [0.2, 0.25) is 5.02 Å². The predicted octanol–water partition coefficient (Wildman–Crippen LogP) is 4.32. The van der Waals surface area contributed by atoms with Gasteiger partial charge in [0.25, 0.3) is 11.6 Å². The summed E-state index contributed by atoms with van der Waals surface area (Å²) in [6, 6.07) is 19.9. The van der Waals surface area contributed by atoms with Crippen molar-refractivity contribution in [3.8, 4) is 0 Å². The van der Waals surface area contributed by atoms with Crippen molar-refractivity contribution in [2.45, 2.75) is 0 Å². The number of halogens is 1. The Kier molecular flexibility index (Phi) is 8.41. The minimum absolute atomic E-state index is 0.0891. The molecule has 0 aromatic heterocycles. The second-order valence-corrected chi connectivity index (χ2v) is 10.2. The van der Waals surface area contributed by atoms with Crippen LogP contribution in [-0.4, -0.2) is 83.0 Å². The van der Waals surface area contributed by atoms with Crippen molar-refractivity contribution in [3.63, 3.8) is 0 Å². The summed E-state index contributed by atoms with van der Waals surface area (Å²) in [5, 5.41) is 20.3. The number of nitro groups is 1. The van der Waals surface area contributed by atoms with Crippen molar-refractivity contribution >= 4 is 46.4 Å². The normalized spacial score (nSPS) is 17.4. The van der Waals surface area contributed by atoms with Gasteiger partial charge in [-0.2, -0.15) is 0 Å². The van der Waals surface area contributed by atoms with E-state index < -0.39 is 10.9 Å². The zero-order chi connectivity index (χ0) is 29.8. The minimum Gasteiger partial charge on any atom is -0.478 e. The van der Waals surface area contributed by atoms with Crippen LogP contribution in [0.5, 0.6) is 0 Å². The average molecular weight is 587 g/mol. The van der Waals surface area contributed by atoms with Gasteiger partial charge in [0.05, 0.1) is 28.4 Å². The molecule has 3 aromatic carbocycles. The maximum atomic E-state index is 13.4. The van der Waals surface area contributed by atoms with E-state index in [-0.39, 0.29) is 18.1 Å². The van der Waals surface area contributed by atoms with Crippen molar-refractivity contribution in [2.75, 3.05) is 44.7 Å². The molecule has 3 aliphatic heterocycles. The van der Waals surface area contributed by atoms with E-state index in [9.17, 15) is 19.7 Å². The molecule has 0 saturated carbocycles. The van der Waals surface area contributed by atoms with Gasteiger partial charge in [-0.05, 0) is 31.3 Å². The molecule has 0 unspecified atom stereocenters. The summed E-state index contributed by atoms with van der Waals surface area (Å²) in [6.07, 6.45) is 1.81. The Bertz CT molecular complexity index is 1630. The molecular weight excluding hydrogens is 560 g/mol. The number of aliphatic imine (C=N–C) groups is 2. The van der Waals surface area contributed by atoms with E-state index in [1.54, 1.807) is 54.7 Å². The number of carboxylic acid groups (broad SMARTS) is 1. The number of likely N-dealkylation sites (N-methyl/N-ethyl adjacent to an activating group) is 1. The van der Waals surface area contributed by atoms with Crippen LogP contribution in [-0.2, 0) is 4.79 Å². The van der Waals surface area contributed by atoms with Gasteiger partial charge in [-0.1, -0.05) is 48.0 Å². The van der Waals surface area contributed by atoms with Crippen LogP contribution >= 0.6 is 11.6 Å². The quantitative estimate of drug-likeness (QED) is 0.273. The zero-order valence-corrected chi connectivity index (χ0v) is 23.4. The number of hydrogen-bond acceptors (Lipinski definition) is 8. The first-order valence-corrected chi connectivity index (χ1v) is 13.5. The number of amidine groups is 1. The third-order valence-electron chi connectivity index (χ3n) is 6.99. The van der Waals surface area contributed by atoms with Crippen LogP contribution in [0.4, 0.5) is 11.4 Å². The number of benzene rings is 3. The standard InChI is InChI=1S/C23H21ClN6O3.C7H6O2/c1-27-8-10-28(11-9-27)14-19-23(31)29-20-7-6-15(30(32)33)12-17(20)22(25-13-21(29)26-19)16-4-2-3-5-18(16)24;8-7(9)6-4-2-1-3-5-6/h2-7,12,14H,8-11,13H2,1H3;1-5H,(H,8,9)/b19-14-;. The third kappa shape index (κ3) is 6.07. The van der Waals surface area contributed by atoms with E-state index in [4.69, 9.17) is 21.7 Å². The number of fused-ring (bicyclic) bond motifs is 3. The molecule has 1 saturated heterocycles. The van der Waals surface area contributed by atoms with Crippen molar-refractivity contribution in [2.24, 2.45) is 9.98 Å². The Morgan fingerprint density at radius 1 is 1.00 bits per heavy atom. The fraction of sp³-hybridized carbons (Fsp3) is 0.200. The molecule has 1 fully saturated rings. The molecule has 3 aliphatic rings. The van der Waals surface area contributed by atoms with Gasteiger partial charge in [-0.25, -0.2) is 9.79 Å². The summed E-state index contributed by atoms with van der Waals surface area (Å²) in [4.78, 5) is 49.8. The van der Waals surface area contributed by atoms with Gasteiger partial charge in [0.1, 0.15) is 11.5 Å². The van der Waals surface area contributed by atoms with Crippen LogP contribution < -0.4 is 4.90 Å². The number of aromatic carboxylic acids is 1. The number of carboxylic acids is 1. The smallest absolute Gasteiger partial charge is 0.335 e. The number of carbonyl (C=O) groups excluding carboxylic acids is 1. The number of nitro benzene ring substituents is 1. The van der Waals surface area contributed by atoms with E-state index in [2.05, 4.69) is 21.8 Å². The van der Waals surface area contributed by atoms with Crippen molar-refractivity contribution in [3.05, 3.63) is 117 Å². The fourth-order valence-electron chi connectivity index (χ4n) is 4.75. The molecule has 1 N–H and O–H groups in total. The maximum Gasteiger partial charge on any atom is 0.335 e. The van der Waals surface area contributed by atoms with Crippen LogP contribution in [0.1, 0.15) is 21.5 Å². The van der Waals surface area contributed by atoms with E-state index >= 15 is 0 Å². The molecule has 0 aliphatic carbocycles. The maximum absolute atomic E-state index is 13.4. The van der Waals surface area contributed by atoms with Gasteiger partial charge in [0, 0.05) is 60.7 Å². The predicted molar refractivity (Wildman–Crippen MR) is 161 cm³/mol. The Labute approximate surface area is 246 Å². The summed E-state index contributed by atoms with van der Waals surface area (Å²) in [6.45, 7) is 3.60. The SMILES string of the molecule is CN1CCN(/C=C2\N=C3CN=C(c4ccccc4Cl)c4cc([N+](=O)[O-])ccc4N3C2=O)CC1.O=C(O)c1ccccc1. The van der Waals surface area contributed by atoms with Crippen molar-refractivity contribution in [1.82, 2.24) is 9.80 Å². The molecule has 3 aromatic rings. The molecule has 12 heteroatoms. The molecule has 0 radical (unpaired) electrons. The largest absolute Gasteiger partial charge is 0.478 e. The van der Waals surface area contributed by atoms with Gasteiger partial charge in [-0.3, -0.25) is 24.8 Å². The average Bonchev–Trinajstić information content (AvgIpc) is 3.20. The highest BCUT2D eigenvalue weighted by molar-refractivity contribution is 6.37. The van der Waals surface area contributed by atoms with Crippen molar-refractivity contribution < 1.29 is 19.6 Å². The van der Waals surface area contributed by atoms with E-state index in [0.29, 0.717) is 44.6 Å². The van der Waals surface area contributed by atoms with E-state index in [0.717, 1.165) is 26.2 Å². The monoisotopic (exact) mass is 586 g/mol. The lowest BCUT2D eigenvalue weighted by atomic mass is 9.99. The van der Waals surface area contributed by atoms with Gasteiger partial charge < -0.3 is 14.9 Å². The molecule has 11 nitrogen and oxygen atoms in total. The second kappa shape index (κ2) is 12.3. The molecule has 0 spiro atoms. The highest BCUT2D eigenvalue weighted by Crippen LogP contribution is 2.35. The summed E-state index contributed by atoms with van der Waals surface area (Å²) in [5.41, 5.74) is 2.69. The molecule has 1 amide bonds. The summed E-state index contributed by atoms with van der Waals surface area (Å²) >= 11 is 6.43. The first-order chi connectivity index (χ1) is 20.2. The Balaban J connectivity index is 0.000000336. The van der Waals surface area contributed by atoms with Gasteiger partial charge in [0.2, 0.25) is 0 Å². The number of amides is 1. The number of piperazine rings is 1. The number of nitrogens with zero attached hydrogens (tertiary/aromatic N) is 6. The minimum atomic E-state index is -0.879. The zero-order valence-electron chi connectivity index (χ0n) is 22.7.